The minimum atomic E-state index is -1.13. The minimum Gasteiger partial charge on any atom is -0.478 e. The number of anilines is 2. The maximum absolute atomic E-state index is 12.8. The van der Waals surface area contributed by atoms with E-state index in [1.165, 1.54) is 34.4 Å². The van der Waals surface area contributed by atoms with Gasteiger partial charge in [0, 0.05) is 37.8 Å². The van der Waals surface area contributed by atoms with Gasteiger partial charge >= 0.3 is 12.1 Å². The van der Waals surface area contributed by atoms with Crippen molar-refractivity contribution in [2.75, 3.05) is 43.2 Å². The van der Waals surface area contributed by atoms with E-state index in [1.54, 1.807) is 11.0 Å². The van der Waals surface area contributed by atoms with Gasteiger partial charge in [0.05, 0.1) is 11.3 Å². The molecule has 0 radical (unpaired) electrons. The van der Waals surface area contributed by atoms with Crippen molar-refractivity contribution in [2.24, 2.45) is 0 Å². The summed E-state index contributed by atoms with van der Waals surface area (Å²) in [5, 5.41) is 18.5. The second-order valence-corrected chi connectivity index (χ2v) is 8.42. The molecule has 2 aliphatic rings. The van der Waals surface area contributed by atoms with Crippen LogP contribution in [0.4, 0.5) is 16.2 Å². The Morgan fingerprint density at radius 3 is 1.95 bits per heavy atom. The zero-order valence-corrected chi connectivity index (χ0v) is 22.5. The van der Waals surface area contributed by atoms with Gasteiger partial charge in [-0.05, 0) is 40.5 Å². The molecule has 0 atom stereocenters. The topological polar surface area (TPSA) is 102 Å². The molecule has 1 saturated heterocycles. The molecule has 8 heteroatoms. The Kier molecular flexibility index (Phi) is 10.1. The van der Waals surface area contributed by atoms with Crippen LogP contribution in [0.1, 0.15) is 55.1 Å². The fourth-order valence-corrected chi connectivity index (χ4v) is 4.84. The van der Waals surface area contributed by atoms with E-state index in [1.807, 2.05) is 62.3 Å². The van der Waals surface area contributed by atoms with Crippen molar-refractivity contribution in [3.63, 3.8) is 0 Å². The van der Waals surface area contributed by atoms with E-state index in [4.69, 9.17) is 9.94 Å². The molecule has 1 fully saturated rings. The van der Waals surface area contributed by atoms with Gasteiger partial charge in [-0.15, -0.1) is 0 Å². The molecule has 0 bridgehead atoms. The number of aromatic carboxylic acids is 1. The summed E-state index contributed by atoms with van der Waals surface area (Å²) in [6, 6.07) is 21.3. The lowest BCUT2D eigenvalue weighted by molar-refractivity contribution is 0.0697. The second-order valence-electron chi connectivity index (χ2n) is 8.42. The molecular formula is C30H37N3O5. The van der Waals surface area contributed by atoms with Crippen LogP contribution >= 0.6 is 0 Å². The molecule has 1 aliphatic heterocycles. The van der Waals surface area contributed by atoms with Crippen LogP contribution < -0.4 is 10.4 Å². The van der Waals surface area contributed by atoms with E-state index < -0.39 is 5.97 Å². The first-order chi connectivity index (χ1) is 18.6. The van der Waals surface area contributed by atoms with E-state index in [-0.39, 0.29) is 29.9 Å². The van der Waals surface area contributed by atoms with E-state index in [0.717, 1.165) is 5.69 Å². The normalized spacial score (nSPS) is 13.7. The summed E-state index contributed by atoms with van der Waals surface area (Å²) in [5.41, 5.74) is 7.49. The second kappa shape index (κ2) is 13.5. The van der Waals surface area contributed by atoms with Crippen LogP contribution in [0.5, 0.6) is 0 Å². The number of ether oxygens (including phenoxy) is 1. The fraction of sp³-hybridized carbons (Fsp3) is 0.333. The number of benzene rings is 3. The number of carbonyl (C=O) groups is 2. The highest BCUT2D eigenvalue weighted by Crippen LogP contribution is 2.44. The summed E-state index contributed by atoms with van der Waals surface area (Å²) in [7, 11) is 0. The molecule has 3 N–H and O–H groups in total. The number of carboxylic acids is 1. The van der Waals surface area contributed by atoms with Gasteiger partial charge in [0.2, 0.25) is 0 Å². The monoisotopic (exact) mass is 519 g/mol. The van der Waals surface area contributed by atoms with Gasteiger partial charge in [-0.3, -0.25) is 10.7 Å². The summed E-state index contributed by atoms with van der Waals surface area (Å²) in [5.74, 6) is -1.11. The van der Waals surface area contributed by atoms with Gasteiger partial charge in [-0.25, -0.2) is 9.59 Å². The molecule has 1 aliphatic carbocycles. The molecule has 1 amide bonds. The Hall–Kier alpha value is -4.04. The number of nitrogens with zero attached hydrogens (tertiary/aromatic N) is 2. The summed E-state index contributed by atoms with van der Waals surface area (Å²) in [6.07, 6.45) is -0.340. The lowest BCUT2D eigenvalue weighted by Crippen LogP contribution is -2.49. The molecule has 3 aromatic carbocycles. The summed E-state index contributed by atoms with van der Waals surface area (Å²) in [6.45, 7) is 10.3. The summed E-state index contributed by atoms with van der Waals surface area (Å²) >= 11 is 0. The number of nitrogens with one attached hydrogen (secondary N) is 1. The molecule has 202 valence electrons. The third-order valence-corrected chi connectivity index (χ3v) is 6.59. The van der Waals surface area contributed by atoms with E-state index >= 15 is 0 Å². The Morgan fingerprint density at radius 2 is 1.42 bits per heavy atom. The van der Waals surface area contributed by atoms with Crippen LogP contribution in [-0.2, 0) is 4.74 Å². The molecule has 3 aromatic rings. The number of amides is 1. The molecule has 1 heterocycles. The van der Waals surface area contributed by atoms with Gasteiger partial charge < -0.3 is 19.6 Å². The number of hydrogen-bond donors (Lipinski definition) is 3. The molecule has 38 heavy (non-hydrogen) atoms. The standard InChI is InChI=1S/C26H25N3O5.2C2H6/c30-25(31)22-15-17(9-10-24(22)27-33)28-11-13-29(14-12-28)26(32)34-16-23-20-7-3-1-5-18(20)19-6-2-4-8-21(19)23;2*1-2/h1-10,15,23,27,33H,11-14,16H2,(H,30,31);2*1-2H3. The van der Waals surface area contributed by atoms with Crippen molar-refractivity contribution in [1.29, 1.82) is 0 Å². The van der Waals surface area contributed by atoms with E-state index in [2.05, 4.69) is 24.3 Å². The van der Waals surface area contributed by atoms with Crippen molar-refractivity contribution in [2.45, 2.75) is 33.6 Å². The van der Waals surface area contributed by atoms with Gasteiger partial charge in [0.25, 0.3) is 0 Å². The first-order valence-corrected chi connectivity index (χ1v) is 13.2. The van der Waals surface area contributed by atoms with Gasteiger partial charge in [0.15, 0.2) is 0 Å². The van der Waals surface area contributed by atoms with Crippen molar-refractivity contribution < 1.29 is 24.6 Å². The van der Waals surface area contributed by atoms with E-state index in [9.17, 15) is 14.7 Å². The van der Waals surface area contributed by atoms with Crippen LogP contribution in [0.25, 0.3) is 11.1 Å². The Labute approximate surface area is 224 Å². The lowest BCUT2D eigenvalue weighted by Gasteiger charge is -2.35. The van der Waals surface area contributed by atoms with Crippen molar-refractivity contribution in [3.8, 4) is 11.1 Å². The number of carboxylic acid groups (broad SMARTS) is 1. The summed E-state index contributed by atoms with van der Waals surface area (Å²) in [4.78, 5) is 28.0. The highest BCUT2D eigenvalue weighted by Gasteiger charge is 2.30. The lowest BCUT2D eigenvalue weighted by atomic mass is 9.98. The van der Waals surface area contributed by atoms with Crippen LogP contribution in [0.2, 0.25) is 0 Å². The predicted octanol–water partition coefficient (Wildman–Crippen LogP) is 6.31. The SMILES string of the molecule is CC.CC.O=C(O)c1cc(N2CCN(C(=O)OCC3c4ccccc4-c4ccccc43)CC2)ccc1NO. The molecule has 8 nitrogen and oxygen atoms in total. The number of rotatable bonds is 5. The number of carbonyl (C=O) groups excluding carboxylic acids is 1. The van der Waals surface area contributed by atoms with E-state index in [0.29, 0.717) is 26.2 Å². The highest BCUT2D eigenvalue weighted by atomic mass is 16.6. The molecular weight excluding hydrogens is 482 g/mol. The fourth-order valence-electron chi connectivity index (χ4n) is 4.84. The minimum absolute atomic E-state index is 0.0148. The van der Waals surface area contributed by atoms with Crippen LogP contribution in [0, 0.1) is 0 Å². The van der Waals surface area contributed by atoms with Crippen molar-refractivity contribution in [1.82, 2.24) is 4.90 Å². The maximum Gasteiger partial charge on any atom is 0.409 e. The molecule has 0 saturated carbocycles. The maximum atomic E-state index is 12.8. The zero-order chi connectivity index (χ0) is 27.7. The third kappa shape index (κ3) is 5.92. The van der Waals surface area contributed by atoms with Crippen LogP contribution in [0.3, 0.4) is 0 Å². The van der Waals surface area contributed by atoms with Crippen LogP contribution in [-0.4, -0.2) is 60.1 Å². The van der Waals surface area contributed by atoms with Crippen molar-refractivity contribution >= 4 is 23.4 Å². The van der Waals surface area contributed by atoms with Gasteiger partial charge in [-0.2, -0.15) is 0 Å². The summed E-state index contributed by atoms with van der Waals surface area (Å²) < 4.78 is 5.76. The third-order valence-electron chi connectivity index (χ3n) is 6.59. The average Bonchev–Trinajstić information content (AvgIpc) is 3.31. The first-order valence-electron chi connectivity index (χ1n) is 13.2. The molecule has 0 spiro atoms. The first kappa shape index (κ1) is 28.5. The predicted molar refractivity (Wildman–Crippen MR) is 150 cm³/mol. The smallest absolute Gasteiger partial charge is 0.409 e. The number of hydrogen-bond acceptors (Lipinski definition) is 6. The van der Waals surface area contributed by atoms with Crippen molar-refractivity contribution in [3.05, 3.63) is 83.4 Å². The largest absolute Gasteiger partial charge is 0.478 e. The van der Waals surface area contributed by atoms with Gasteiger partial charge in [0.1, 0.15) is 6.61 Å². The number of piperazine rings is 1. The quantitative estimate of drug-likeness (QED) is 0.340. The Morgan fingerprint density at radius 1 is 0.868 bits per heavy atom. The Bertz CT molecular complexity index is 1190. The number of fused-ring (bicyclic) bond motifs is 3. The average molecular weight is 520 g/mol. The van der Waals surface area contributed by atoms with Crippen LogP contribution in [0.15, 0.2) is 66.7 Å². The highest BCUT2D eigenvalue weighted by molar-refractivity contribution is 5.95. The molecule has 0 unspecified atom stereocenters. The molecule has 0 aromatic heterocycles. The zero-order valence-electron chi connectivity index (χ0n) is 22.5. The molecule has 5 rings (SSSR count). The Balaban J connectivity index is 0.000000956. The van der Waals surface area contributed by atoms with Gasteiger partial charge in [-0.1, -0.05) is 76.2 Å².